The highest BCUT2D eigenvalue weighted by Crippen LogP contribution is 2.16. The lowest BCUT2D eigenvalue weighted by Crippen LogP contribution is -2.49. The van der Waals surface area contributed by atoms with E-state index in [0.29, 0.717) is 12.3 Å². The number of urea groups is 1. The van der Waals surface area contributed by atoms with Gasteiger partial charge in [-0.25, -0.2) is 4.79 Å². The zero-order valence-corrected chi connectivity index (χ0v) is 11.3. The molecule has 0 aliphatic carbocycles. The number of nitrogens with one attached hydrogen (secondary N) is 1. The molecule has 0 radical (unpaired) electrons. The van der Waals surface area contributed by atoms with E-state index >= 15 is 0 Å². The third-order valence-corrected chi connectivity index (χ3v) is 3.62. The van der Waals surface area contributed by atoms with Gasteiger partial charge in [-0.2, -0.15) is 0 Å². The Morgan fingerprint density at radius 1 is 1.41 bits per heavy atom. The average Bonchev–Trinajstić information content (AvgIpc) is 2.29. The van der Waals surface area contributed by atoms with Crippen LogP contribution >= 0.6 is 0 Å². The Morgan fingerprint density at radius 3 is 2.47 bits per heavy atom. The standard InChI is InChI=1S/C13H26N2O2/c1-10(2)12(6-9-16)14-13(17)15-7-4-11(3)5-8-15/h10-12,16H,4-9H2,1-3H3,(H,14,17). The number of carbonyl (C=O) groups is 1. The summed E-state index contributed by atoms with van der Waals surface area (Å²) in [7, 11) is 0. The molecule has 2 N–H and O–H groups in total. The molecule has 100 valence electrons. The van der Waals surface area contributed by atoms with E-state index in [1.54, 1.807) is 0 Å². The Morgan fingerprint density at radius 2 is 2.00 bits per heavy atom. The lowest BCUT2D eigenvalue weighted by molar-refractivity contribution is 0.163. The fourth-order valence-electron chi connectivity index (χ4n) is 2.17. The normalized spacial score (nSPS) is 19.5. The molecule has 1 saturated heterocycles. The van der Waals surface area contributed by atoms with Gasteiger partial charge in [0.25, 0.3) is 0 Å². The van der Waals surface area contributed by atoms with Crippen LogP contribution in [0.1, 0.15) is 40.0 Å². The topological polar surface area (TPSA) is 52.6 Å². The van der Waals surface area contributed by atoms with Crippen molar-refractivity contribution >= 4 is 6.03 Å². The predicted molar refractivity (Wildman–Crippen MR) is 68.8 cm³/mol. The highest BCUT2D eigenvalue weighted by molar-refractivity contribution is 5.74. The summed E-state index contributed by atoms with van der Waals surface area (Å²) >= 11 is 0. The molecular formula is C13H26N2O2. The van der Waals surface area contributed by atoms with Crippen LogP contribution in [0.5, 0.6) is 0 Å². The number of piperidine rings is 1. The Labute approximate surface area is 104 Å². The molecule has 17 heavy (non-hydrogen) atoms. The third kappa shape index (κ3) is 4.54. The fourth-order valence-corrected chi connectivity index (χ4v) is 2.17. The van der Waals surface area contributed by atoms with Gasteiger partial charge in [0.05, 0.1) is 0 Å². The molecule has 1 unspecified atom stereocenters. The van der Waals surface area contributed by atoms with E-state index in [4.69, 9.17) is 5.11 Å². The minimum Gasteiger partial charge on any atom is -0.396 e. The molecule has 4 heteroatoms. The monoisotopic (exact) mass is 242 g/mol. The van der Waals surface area contributed by atoms with Crippen molar-refractivity contribution < 1.29 is 9.90 Å². The summed E-state index contributed by atoms with van der Waals surface area (Å²) in [5.41, 5.74) is 0. The second kappa shape index (κ2) is 6.84. The molecule has 0 saturated carbocycles. The number of aliphatic hydroxyl groups is 1. The number of amides is 2. The van der Waals surface area contributed by atoms with Gasteiger partial charge in [-0.05, 0) is 31.1 Å². The number of nitrogens with zero attached hydrogens (tertiary/aromatic N) is 1. The number of rotatable bonds is 4. The first-order valence-corrected chi connectivity index (χ1v) is 6.71. The van der Waals surface area contributed by atoms with E-state index in [9.17, 15) is 4.79 Å². The molecule has 1 aliphatic heterocycles. The van der Waals surface area contributed by atoms with Crippen LogP contribution in [0, 0.1) is 11.8 Å². The Bertz CT molecular complexity index is 236. The van der Waals surface area contributed by atoms with Crippen LogP contribution in [-0.2, 0) is 0 Å². The van der Waals surface area contributed by atoms with Gasteiger partial charge >= 0.3 is 6.03 Å². The van der Waals surface area contributed by atoms with Crippen LogP contribution in [0.25, 0.3) is 0 Å². The van der Waals surface area contributed by atoms with Crippen LogP contribution in [-0.4, -0.2) is 41.8 Å². The van der Waals surface area contributed by atoms with Crippen molar-refractivity contribution in [2.24, 2.45) is 11.8 Å². The fraction of sp³-hybridized carbons (Fsp3) is 0.923. The summed E-state index contributed by atoms with van der Waals surface area (Å²) in [4.78, 5) is 13.9. The number of hydrogen-bond acceptors (Lipinski definition) is 2. The van der Waals surface area contributed by atoms with Gasteiger partial charge in [-0.1, -0.05) is 20.8 Å². The van der Waals surface area contributed by atoms with Crippen LogP contribution in [0.3, 0.4) is 0 Å². The zero-order valence-electron chi connectivity index (χ0n) is 11.3. The zero-order chi connectivity index (χ0) is 12.8. The van der Waals surface area contributed by atoms with Crippen molar-refractivity contribution in [3.63, 3.8) is 0 Å². The third-order valence-electron chi connectivity index (χ3n) is 3.62. The molecule has 1 rings (SSSR count). The van der Waals surface area contributed by atoms with Gasteiger partial charge in [0.2, 0.25) is 0 Å². The van der Waals surface area contributed by atoms with Crippen LogP contribution in [0.2, 0.25) is 0 Å². The Hall–Kier alpha value is -0.770. The van der Waals surface area contributed by atoms with Crippen molar-refractivity contribution in [3.8, 4) is 0 Å². The molecule has 1 atom stereocenters. The lowest BCUT2D eigenvalue weighted by Gasteiger charge is -2.32. The quantitative estimate of drug-likeness (QED) is 0.790. The number of aliphatic hydroxyl groups excluding tert-OH is 1. The second-order valence-electron chi connectivity index (χ2n) is 5.48. The van der Waals surface area contributed by atoms with Crippen molar-refractivity contribution in [1.29, 1.82) is 0 Å². The highest BCUT2D eigenvalue weighted by atomic mass is 16.3. The molecule has 1 heterocycles. The van der Waals surface area contributed by atoms with Crippen LogP contribution < -0.4 is 5.32 Å². The SMILES string of the molecule is CC1CCN(C(=O)NC(CCO)C(C)C)CC1. The number of likely N-dealkylation sites (tertiary alicyclic amines) is 1. The minimum atomic E-state index is 0.0315. The largest absolute Gasteiger partial charge is 0.396 e. The first-order valence-electron chi connectivity index (χ1n) is 6.71. The maximum absolute atomic E-state index is 12.0. The van der Waals surface area contributed by atoms with Gasteiger partial charge < -0.3 is 15.3 Å². The summed E-state index contributed by atoms with van der Waals surface area (Å²) in [6, 6.07) is 0.107. The molecule has 4 nitrogen and oxygen atoms in total. The summed E-state index contributed by atoms with van der Waals surface area (Å²) in [6.45, 7) is 8.21. The van der Waals surface area contributed by atoms with E-state index < -0.39 is 0 Å². The average molecular weight is 242 g/mol. The van der Waals surface area contributed by atoms with E-state index in [-0.39, 0.29) is 18.7 Å². The van der Waals surface area contributed by atoms with Crippen molar-refractivity contribution in [1.82, 2.24) is 10.2 Å². The Balaban J connectivity index is 2.41. The van der Waals surface area contributed by atoms with E-state index in [1.807, 2.05) is 4.90 Å². The Kier molecular flexibility index (Phi) is 5.75. The predicted octanol–water partition coefficient (Wildman–Crippen LogP) is 1.83. The van der Waals surface area contributed by atoms with Crippen molar-refractivity contribution in [2.45, 2.75) is 46.1 Å². The number of carbonyl (C=O) groups excluding carboxylic acids is 1. The second-order valence-corrected chi connectivity index (χ2v) is 5.48. The van der Waals surface area contributed by atoms with Crippen LogP contribution in [0.4, 0.5) is 4.79 Å². The van der Waals surface area contributed by atoms with Crippen LogP contribution in [0.15, 0.2) is 0 Å². The van der Waals surface area contributed by atoms with Crippen molar-refractivity contribution in [3.05, 3.63) is 0 Å². The first kappa shape index (κ1) is 14.3. The van der Waals surface area contributed by atoms with Gasteiger partial charge in [0.1, 0.15) is 0 Å². The molecule has 1 fully saturated rings. The number of hydrogen-bond donors (Lipinski definition) is 2. The van der Waals surface area contributed by atoms with Gasteiger partial charge in [0, 0.05) is 25.7 Å². The first-order chi connectivity index (χ1) is 8.04. The smallest absolute Gasteiger partial charge is 0.317 e. The minimum absolute atomic E-state index is 0.0315. The van der Waals surface area contributed by atoms with Gasteiger partial charge in [-0.15, -0.1) is 0 Å². The molecule has 0 aromatic heterocycles. The van der Waals surface area contributed by atoms with E-state index in [0.717, 1.165) is 31.8 Å². The molecule has 2 amide bonds. The maximum Gasteiger partial charge on any atom is 0.317 e. The highest BCUT2D eigenvalue weighted by Gasteiger charge is 2.23. The van der Waals surface area contributed by atoms with E-state index in [1.165, 1.54) is 0 Å². The molecule has 0 aromatic carbocycles. The van der Waals surface area contributed by atoms with Gasteiger partial charge in [-0.3, -0.25) is 0 Å². The molecule has 1 aliphatic rings. The summed E-state index contributed by atoms with van der Waals surface area (Å²) in [5.74, 6) is 1.09. The summed E-state index contributed by atoms with van der Waals surface area (Å²) in [5, 5.41) is 12.0. The summed E-state index contributed by atoms with van der Waals surface area (Å²) in [6.07, 6.45) is 2.83. The van der Waals surface area contributed by atoms with Crippen molar-refractivity contribution in [2.75, 3.05) is 19.7 Å². The molecular weight excluding hydrogens is 216 g/mol. The van der Waals surface area contributed by atoms with Gasteiger partial charge in [0.15, 0.2) is 0 Å². The summed E-state index contributed by atoms with van der Waals surface area (Å²) < 4.78 is 0. The maximum atomic E-state index is 12.0. The van der Waals surface area contributed by atoms with E-state index in [2.05, 4.69) is 26.1 Å². The lowest BCUT2D eigenvalue weighted by atomic mass is 9.99. The molecule has 0 spiro atoms. The molecule has 0 bridgehead atoms. The molecule has 0 aromatic rings.